The zero-order chi connectivity index (χ0) is 13.3. The lowest BCUT2D eigenvalue weighted by atomic mass is 10.1. The summed E-state index contributed by atoms with van der Waals surface area (Å²) in [5, 5.41) is 0.487. The molecule has 1 fully saturated rings. The fourth-order valence-corrected chi connectivity index (χ4v) is 3.77. The van der Waals surface area contributed by atoms with Crippen molar-refractivity contribution in [2.75, 3.05) is 12.3 Å². The molecule has 1 aliphatic heterocycles. The van der Waals surface area contributed by atoms with Crippen molar-refractivity contribution < 1.29 is 4.79 Å². The first kappa shape index (κ1) is 14.3. The van der Waals surface area contributed by atoms with Crippen molar-refractivity contribution in [2.45, 2.75) is 30.0 Å². The van der Waals surface area contributed by atoms with E-state index >= 15 is 0 Å². The van der Waals surface area contributed by atoms with Gasteiger partial charge < -0.3 is 4.90 Å². The number of thioether (sulfide) groups is 1. The molecule has 18 heavy (non-hydrogen) atoms. The highest BCUT2D eigenvalue weighted by Gasteiger charge is 2.30. The SMILES string of the molecule is CC1SCCN(C(=O)c2cc(S)ccc2Br)C1C. The van der Waals surface area contributed by atoms with E-state index in [0.717, 1.165) is 21.7 Å². The summed E-state index contributed by atoms with van der Waals surface area (Å²) >= 11 is 9.68. The van der Waals surface area contributed by atoms with E-state index in [0.29, 0.717) is 10.8 Å². The van der Waals surface area contributed by atoms with E-state index in [1.165, 1.54) is 0 Å². The van der Waals surface area contributed by atoms with Crippen LogP contribution in [0.4, 0.5) is 0 Å². The number of hydrogen-bond acceptors (Lipinski definition) is 3. The maximum absolute atomic E-state index is 12.6. The van der Waals surface area contributed by atoms with Crippen LogP contribution in [0.1, 0.15) is 24.2 Å². The van der Waals surface area contributed by atoms with Crippen molar-refractivity contribution in [3.63, 3.8) is 0 Å². The molecule has 2 unspecified atom stereocenters. The number of amides is 1. The molecule has 0 radical (unpaired) electrons. The van der Waals surface area contributed by atoms with Gasteiger partial charge in [0, 0.05) is 33.0 Å². The molecule has 2 rings (SSSR count). The molecule has 1 aliphatic rings. The second-order valence-corrected chi connectivity index (χ2v) is 7.34. The number of carbonyl (C=O) groups is 1. The Kier molecular flexibility index (Phi) is 4.67. The van der Waals surface area contributed by atoms with Crippen LogP contribution in [0.3, 0.4) is 0 Å². The third kappa shape index (κ3) is 2.89. The number of nitrogens with zero attached hydrogens (tertiary/aromatic N) is 1. The summed E-state index contributed by atoms with van der Waals surface area (Å²) in [6, 6.07) is 5.85. The first-order valence-electron chi connectivity index (χ1n) is 5.92. The largest absolute Gasteiger partial charge is 0.334 e. The van der Waals surface area contributed by atoms with Crippen molar-refractivity contribution >= 4 is 46.2 Å². The minimum Gasteiger partial charge on any atom is -0.334 e. The van der Waals surface area contributed by atoms with Crippen LogP contribution >= 0.6 is 40.3 Å². The van der Waals surface area contributed by atoms with Crippen LogP contribution in [0, 0.1) is 0 Å². The average Bonchev–Trinajstić information content (AvgIpc) is 2.35. The smallest absolute Gasteiger partial charge is 0.255 e. The van der Waals surface area contributed by atoms with E-state index in [4.69, 9.17) is 0 Å². The van der Waals surface area contributed by atoms with Crippen molar-refractivity contribution in [2.24, 2.45) is 0 Å². The monoisotopic (exact) mass is 345 g/mol. The van der Waals surface area contributed by atoms with Crippen LogP contribution in [0.25, 0.3) is 0 Å². The first-order chi connectivity index (χ1) is 8.50. The molecule has 0 aliphatic carbocycles. The average molecular weight is 346 g/mol. The molecule has 2 nitrogen and oxygen atoms in total. The number of carbonyl (C=O) groups excluding carboxylic acids is 1. The second-order valence-electron chi connectivity index (χ2n) is 4.48. The van der Waals surface area contributed by atoms with Crippen LogP contribution in [-0.4, -0.2) is 34.4 Å². The van der Waals surface area contributed by atoms with Crippen molar-refractivity contribution in [3.05, 3.63) is 28.2 Å². The Morgan fingerprint density at radius 3 is 2.94 bits per heavy atom. The summed E-state index contributed by atoms with van der Waals surface area (Å²) in [6.07, 6.45) is 0. The lowest BCUT2D eigenvalue weighted by Gasteiger charge is -2.37. The number of hydrogen-bond donors (Lipinski definition) is 1. The minimum atomic E-state index is 0.0948. The van der Waals surface area contributed by atoms with Gasteiger partial charge in [0.1, 0.15) is 0 Å². The molecule has 2 atom stereocenters. The van der Waals surface area contributed by atoms with Gasteiger partial charge in [-0.25, -0.2) is 0 Å². The van der Waals surface area contributed by atoms with Crippen molar-refractivity contribution in [1.82, 2.24) is 4.90 Å². The van der Waals surface area contributed by atoms with Gasteiger partial charge in [0.15, 0.2) is 0 Å². The van der Waals surface area contributed by atoms with Gasteiger partial charge in [-0.15, -0.1) is 12.6 Å². The molecule has 0 aromatic heterocycles. The fourth-order valence-electron chi connectivity index (χ4n) is 2.05. The van der Waals surface area contributed by atoms with Gasteiger partial charge in [-0.2, -0.15) is 11.8 Å². The topological polar surface area (TPSA) is 20.3 Å². The van der Waals surface area contributed by atoms with E-state index in [1.807, 2.05) is 34.9 Å². The summed E-state index contributed by atoms with van der Waals surface area (Å²) in [5.41, 5.74) is 0.702. The van der Waals surface area contributed by atoms with Gasteiger partial charge >= 0.3 is 0 Å². The highest BCUT2D eigenvalue weighted by Crippen LogP contribution is 2.28. The van der Waals surface area contributed by atoms with Gasteiger partial charge in [0.25, 0.3) is 5.91 Å². The molecule has 1 heterocycles. The van der Waals surface area contributed by atoms with Crippen LogP contribution < -0.4 is 0 Å². The van der Waals surface area contributed by atoms with Crippen molar-refractivity contribution in [1.29, 1.82) is 0 Å². The summed E-state index contributed by atoms with van der Waals surface area (Å²) in [5.74, 6) is 1.10. The Labute approximate surface area is 126 Å². The first-order valence-corrected chi connectivity index (χ1v) is 8.20. The highest BCUT2D eigenvalue weighted by molar-refractivity contribution is 9.10. The molecule has 0 saturated carbocycles. The molecular weight excluding hydrogens is 330 g/mol. The summed E-state index contributed by atoms with van der Waals surface area (Å²) < 4.78 is 0.836. The van der Waals surface area contributed by atoms with E-state index in [2.05, 4.69) is 42.4 Å². The Morgan fingerprint density at radius 2 is 2.22 bits per heavy atom. The summed E-state index contributed by atoms with van der Waals surface area (Å²) in [6.45, 7) is 5.12. The second kappa shape index (κ2) is 5.88. The molecule has 1 amide bonds. The zero-order valence-corrected chi connectivity index (χ0v) is 13.7. The maximum atomic E-state index is 12.6. The quantitative estimate of drug-likeness (QED) is 0.783. The van der Waals surface area contributed by atoms with Crippen molar-refractivity contribution in [3.8, 4) is 0 Å². The van der Waals surface area contributed by atoms with Gasteiger partial charge in [-0.05, 0) is 41.1 Å². The molecule has 1 saturated heterocycles. The van der Waals surface area contributed by atoms with E-state index in [-0.39, 0.29) is 11.9 Å². The van der Waals surface area contributed by atoms with Gasteiger partial charge in [-0.3, -0.25) is 4.79 Å². The molecular formula is C13H16BrNOS2. The standard InChI is InChI=1S/C13H16BrNOS2/c1-8-9(2)18-6-5-15(8)13(16)11-7-10(17)3-4-12(11)14/h3-4,7-9,17H,5-6H2,1-2H3. The Morgan fingerprint density at radius 1 is 1.50 bits per heavy atom. The van der Waals surface area contributed by atoms with Gasteiger partial charge in [0.05, 0.1) is 5.56 Å². The summed E-state index contributed by atoms with van der Waals surface area (Å²) in [7, 11) is 0. The number of benzene rings is 1. The Hall–Kier alpha value is -0.130. The Bertz CT molecular complexity index is 466. The molecule has 0 N–H and O–H groups in total. The zero-order valence-electron chi connectivity index (χ0n) is 10.4. The van der Waals surface area contributed by atoms with Crippen LogP contribution in [0.5, 0.6) is 0 Å². The number of thiol groups is 1. The Balaban J connectivity index is 2.27. The fraction of sp³-hybridized carbons (Fsp3) is 0.462. The lowest BCUT2D eigenvalue weighted by molar-refractivity contribution is 0.0697. The minimum absolute atomic E-state index is 0.0948. The van der Waals surface area contributed by atoms with Crippen LogP contribution in [0.2, 0.25) is 0 Å². The molecule has 1 aromatic rings. The van der Waals surface area contributed by atoms with Gasteiger partial charge in [0.2, 0.25) is 0 Å². The van der Waals surface area contributed by atoms with Crippen LogP contribution in [0.15, 0.2) is 27.6 Å². The third-order valence-electron chi connectivity index (χ3n) is 3.33. The van der Waals surface area contributed by atoms with E-state index < -0.39 is 0 Å². The third-order valence-corrected chi connectivity index (χ3v) is 5.63. The molecule has 98 valence electrons. The van der Waals surface area contributed by atoms with Gasteiger partial charge in [-0.1, -0.05) is 6.92 Å². The molecule has 5 heteroatoms. The number of halogens is 1. The summed E-state index contributed by atoms with van der Waals surface area (Å²) in [4.78, 5) is 15.4. The normalized spacial score (nSPS) is 24.1. The van der Waals surface area contributed by atoms with E-state index in [9.17, 15) is 4.79 Å². The predicted molar refractivity (Wildman–Crippen MR) is 83.8 cm³/mol. The van der Waals surface area contributed by atoms with E-state index in [1.54, 1.807) is 0 Å². The van der Waals surface area contributed by atoms with Crippen LogP contribution in [-0.2, 0) is 0 Å². The molecule has 0 spiro atoms. The highest BCUT2D eigenvalue weighted by atomic mass is 79.9. The molecule has 0 bridgehead atoms. The molecule has 1 aromatic carbocycles. The number of rotatable bonds is 1. The lowest BCUT2D eigenvalue weighted by Crippen LogP contribution is -2.48. The predicted octanol–water partition coefficient (Wildman–Crippen LogP) is 3.70. The maximum Gasteiger partial charge on any atom is 0.255 e.